The minimum Gasteiger partial charge on any atom is -0.378 e. The second-order valence-corrected chi connectivity index (χ2v) is 6.48. The van der Waals surface area contributed by atoms with Crippen molar-refractivity contribution in [2.45, 2.75) is 17.3 Å². The van der Waals surface area contributed by atoms with E-state index in [4.69, 9.17) is 4.74 Å². The zero-order valence-corrected chi connectivity index (χ0v) is 14.7. The molecule has 3 rings (SSSR count). The first kappa shape index (κ1) is 18.5. The van der Waals surface area contributed by atoms with Gasteiger partial charge in [0.05, 0.1) is 18.8 Å². The highest BCUT2D eigenvalue weighted by Crippen LogP contribution is 2.26. The monoisotopic (exact) mass is 380 g/mol. The van der Waals surface area contributed by atoms with E-state index in [0.29, 0.717) is 13.2 Å². The van der Waals surface area contributed by atoms with Crippen LogP contribution in [-0.4, -0.2) is 47.9 Å². The first-order valence-corrected chi connectivity index (χ1v) is 8.97. The van der Waals surface area contributed by atoms with E-state index in [1.165, 1.54) is 12.3 Å². The molecule has 0 saturated carbocycles. The number of rotatable bonds is 6. The van der Waals surface area contributed by atoms with Crippen LogP contribution >= 0.6 is 11.8 Å². The molecule has 0 aliphatic carbocycles. The summed E-state index contributed by atoms with van der Waals surface area (Å²) in [5.74, 6) is -2.29. The Kier molecular flexibility index (Phi) is 6.35. The number of halogens is 2. The van der Waals surface area contributed by atoms with Crippen LogP contribution in [0.3, 0.4) is 0 Å². The highest BCUT2D eigenvalue weighted by molar-refractivity contribution is 7.99. The van der Waals surface area contributed by atoms with Crippen molar-refractivity contribution in [3.63, 3.8) is 0 Å². The molecule has 0 bridgehead atoms. The van der Waals surface area contributed by atoms with Crippen LogP contribution in [0, 0.1) is 0 Å². The Labute approximate surface area is 154 Å². The maximum Gasteiger partial charge on any atom is 0.290 e. The quantitative estimate of drug-likeness (QED) is 0.777. The Morgan fingerprint density at radius 2 is 1.96 bits per heavy atom. The lowest BCUT2D eigenvalue weighted by molar-refractivity contribution is 0.0947. The summed E-state index contributed by atoms with van der Waals surface area (Å²) in [5, 5.41) is 2.79. The lowest BCUT2D eigenvalue weighted by Gasteiger charge is -2.29. The topological polar surface area (TPSA) is 67.4 Å². The van der Waals surface area contributed by atoms with Gasteiger partial charge in [-0.3, -0.25) is 4.79 Å². The Balaban J connectivity index is 1.71. The number of carbonyl (C=O) groups is 1. The molecule has 1 N–H and O–H groups in total. The number of carbonyl (C=O) groups excluding carboxylic acids is 1. The van der Waals surface area contributed by atoms with Crippen LogP contribution in [0.25, 0.3) is 0 Å². The SMILES string of the molecule is O=C(NCc1cccnc1N1CCOCC1)c1cccnc1SC(F)F. The number of nitrogens with zero attached hydrogens (tertiary/aromatic N) is 3. The van der Waals surface area contributed by atoms with Crippen LogP contribution in [-0.2, 0) is 11.3 Å². The molecule has 1 aliphatic rings. The van der Waals surface area contributed by atoms with Gasteiger partial charge < -0.3 is 15.0 Å². The molecule has 2 aromatic heterocycles. The van der Waals surface area contributed by atoms with Crippen molar-refractivity contribution in [1.29, 1.82) is 0 Å². The molecule has 9 heteroatoms. The first-order valence-electron chi connectivity index (χ1n) is 8.10. The van der Waals surface area contributed by atoms with Gasteiger partial charge in [0, 0.05) is 37.6 Å². The number of hydrogen-bond donors (Lipinski definition) is 1. The largest absolute Gasteiger partial charge is 0.378 e. The van der Waals surface area contributed by atoms with Gasteiger partial charge in [0.2, 0.25) is 0 Å². The van der Waals surface area contributed by atoms with Gasteiger partial charge in [-0.05, 0) is 30.0 Å². The molecule has 6 nitrogen and oxygen atoms in total. The summed E-state index contributed by atoms with van der Waals surface area (Å²) in [6.07, 6.45) is 3.09. The van der Waals surface area contributed by atoms with Crippen molar-refractivity contribution in [1.82, 2.24) is 15.3 Å². The van der Waals surface area contributed by atoms with Crippen molar-refractivity contribution in [3.05, 3.63) is 47.8 Å². The summed E-state index contributed by atoms with van der Waals surface area (Å²) < 4.78 is 30.6. The summed E-state index contributed by atoms with van der Waals surface area (Å²) in [6, 6.07) is 6.72. The highest BCUT2D eigenvalue weighted by Gasteiger charge is 2.19. The third-order valence-electron chi connectivity index (χ3n) is 3.83. The number of pyridine rings is 2. The molecule has 138 valence electrons. The lowest BCUT2D eigenvalue weighted by Crippen LogP contribution is -2.37. The summed E-state index contributed by atoms with van der Waals surface area (Å²) in [5.41, 5.74) is 0.990. The molecule has 1 fully saturated rings. The standard InChI is InChI=1S/C17H18F2N4O2S/c18-17(19)26-16-13(4-2-6-21-16)15(24)22-11-12-3-1-5-20-14(12)23-7-9-25-10-8-23/h1-6,17H,7-11H2,(H,22,24). The van der Waals surface area contributed by atoms with Gasteiger partial charge in [-0.25, -0.2) is 9.97 Å². The predicted molar refractivity (Wildman–Crippen MR) is 94.5 cm³/mol. The number of aromatic nitrogens is 2. The molecule has 1 aliphatic heterocycles. The molecule has 0 atom stereocenters. The average Bonchev–Trinajstić information content (AvgIpc) is 2.67. The Morgan fingerprint density at radius 1 is 1.23 bits per heavy atom. The summed E-state index contributed by atoms with van der Waals surface area (Å²) in [7, 11) is 0. The molecule has 1 saturated heterocycles. The molecule has 0 radical (unpaired) electrons. The normalized spacial score (nSPS) is 14.5. The van der Waals surface area contributed by atoms with Crippen LogP contribution in [0.5, 0.6) is 0 Å². The summed E-state index contributed by atoms with van der Waals surface area (Å²) >= 11 is 0.261. The van der Waals surface area contributed by atoms with Crippen LogP contribution in [0.15, 0.2) is 41.7 Å². The molecule has 3 heterocycles. The minimum atomic E-state index is -2.64. The second kappa shape index (κ2) is 8.91. The van der Waals surface area contributed by atoms with Crippen molar-refractivity contribution < 1.29 is 18.3 Å². The van der Waals surface area contributed by atoms with E-state index in [-0.39, 0.29) is 28.9 Å². The van der Waals surface area contributed by atoms with Gasteiger partial charge in [0.25, 0.3) is 11.7 Å². The zero-order chi connectivity index (χ0) is 18.4. The number of alkyl halides is 2. The van der Waals surface area contributed by atoms with Crippen molar-refractivity contribution in [2.75, 3.05) is 31.2 Å². The number of anilines is 1. The molecule has 0 aromatic carbocycles. The third kappa shape index (κ3) is 4.67. The van der Waals surface area contributed by atoms with Gasteiger partial charge in [0.1, 0.15) is 10.8 Å². The molecule has 1 amide bonds. The fourth-order valence-electron chi connectivity index (χ4n) is 2.64. The number of hydrogen-bond acceptors (Lipinski definition) is 6. The fourth-order valence-corrected chi connectivity index (χ4v) is 3.22. The molecule has 0 unspecified atom stereocenters. The van der Waals surface area contributed by atoms with Gasteiger partial charge in [-0.1, -0.05) is 6.07 Å². The maximum atomic E-state index is 12.6. The summed E-state index contributed by atoms with van der Waals surface area (Å²) in [6.45, 7) is 2.97. The minimum absolute atomic E-state index is 0.0135. The van der Waals surface area contributed by atoms with Gasteiger partial charge >= 0.3 is 0 Å². The number of morpholine rings is 1. The fraction of sp³-hybridized carbons (Fsp3) is 0.353. The van der Waals surface area contributed by atoms with Crippen LogP contribution in [0.1, 0.15) is 15.9 Å². The molecule has 26 heavy (non-hydrogen) atoms. The predicted octanol–water partition coefficient (Wildman–Crippen LogP) is 2.56. The highest BCUT2D eigenvalue weighted by atomic mass is 32.2. The third-order valence-corrected chi connectivity index (χ3v) is 4.56. The van der Waals surface area contributed by atoms with Gasteiger partial charge in [-0.2, -0.15) is 8.78 Å². The number of nitrogens with one attached hydrogen (secondary N) is 1. The number of ether oxygens (including phenoxy) is 1. The lowest BCUT2D eigenvalue weighted by atomic mass is 10.2. The van der Waals surface area contributed by atoms with E-state index < -0.39 is 11.7 Å². The molecule has 2 aromatic rings. The van der Waals surface area contributed by atoms with E-state index in [0.717, 1.165) is 24.5 Å². The van der Waals surface area contributed by atoms with Crippen LogP contribution in [0.4, 0.5) is 14.6 Å². The zero-order valence-electron chi connectivity index (χ0n) is 13.9. The van der Waals surface area contributed by atoms with Gasteiger partial charge in [-0.15, -0.1) is 0 Å². The van der Waals surface area contributed by atoms with E-state index in [2.05, 4.69) is 20.2 Å². The van der Waals surface area contributed by atoms with E-state index in [1.807, 2.05) is 6.07 Å². The summed E-state index contributed by atoms with van der Waals surface area (Å²) in [4.78, 5) is 22.8. The van der Waals surface area contributed by atoms with Gasteiger partial charge in [0.15, 0.2) is 0 Å². The first-order chi connectivity index (χ1) is 12.6. The number of thioether (sulfide) groups is 1. The van der Waals surface area contributed by atoms with E-state index in [1.54, 1.807) is 18.3 Å². The molecular formula is C17H18F2N4O2S. The Bertz CT molecular complexity index is 757. The van der Waals surface area contributed by atoms with Crippen molar-refractivity contribution in [2.24, 2.45) is 0 Å². The van der Waals surface area contributed by atoms with Crippen molar-refractivity contribution in [3.8, 4) is 0 Å². The van der Waals surface area contributed by atoms with Crippen LogP contribution < -0.4 is 10.2 Å². The van der Waals surface area contributed by atoms with Crippen molar-refractivity contribution >= 4 is 23.5 Å². The second-order valence-electron chi connectivity index (χ2n) is 5.50. The Morgan fingerprint density at radius 3 is 2.73 bits per heavy atom. The van der Waals surface area contributed by atoms with E-state index >= 15 is 0 Å². The molecule has 0 spiro atoms. The number of amides is 1. The smallest absolute Gasteiger partial charge is 0.290 e. The van der Waals surface area contributed by atoms with E-state index in [9.17, 15) is 13.6 Å². The Hall–Kier alpha value is -2.26. The average molecular weight is 380 g/mol. The molecular weight excluding hydrogens is 362 g/mol. The van der Waals surface area contributed by atoms with Crippen LogP contribution in [0.2, 0.25) is 0 Å². The maximum absolute atomic E-state index is 12.6.